The van der Waals surface area contributed by atoms with Crippen molar-refractivity contribution in [3.63, 3.8) is 0 Å². The normalized spacial score (nSPS) is 20.6. The molecule has 0 aliphatic carbocycles. The van der Waals surface area contributed by atoms with E-state index in [0.29, 0.717) is 11.7 Å². The van der Waals surface area contributed by atoms with Gasteiger partial charge in [0.05, 0.1) is 6.08 Å². The maximum absolute atomic E-state index is 5.58. The van der Waals surface area contributed by atoms with Crippen molar-refractivity contribution in [3.8, 4) is 0 Å². The van der Waals surface area contributed by atoms with Gasteiger partial charge < -0.3 is 14.2 Å². The third-order valence-corrected chi connectivity index (χ3v) is 1.41. The Hall–Kier alpha value is -1.12. The molecule has 0 saturated heterocycles. The first-order valence-electron chi connectivity index (χ1n) is 4.66. The van der Waals surface area contributed by atoms with Gasteiger partial charge in [0.15, 0.2) is 0 Å². The molecule has 0 aromatic carbocycles. The standard InChI is InChI=1S/C11H18O3/c1-8-7-9(13-10(2,3)4)14-11(5,6)12-8/h7H,1H2,2-6H3. The number of rotatable bonds is 1. The number of allylic oxidation sites excluding steroid dienone is 1. The predicted octanol–water partition coefficient (Wildman–Crippen LogP) is 2.94. The molecule has 0 fully saturated rings. The smallest absolute Gasteiger partial charge is 0.286 e. The molecule has 0 aromatic heterocycles. The minimum absolute atomic E-state index is 0.278. The van der Waals surface area contributed by atoms with Crippen LogP contribution < -0.4 is 0 Å². The molecule has 0 aromatic rings. The molecule has 0 unspecified atom stereocenters. The molecule has 3 heteroatoms. The summed E-state index contributed by atoms with van der Waals surface area (Å²) in [5.41, 5.74) is -0.278. The number of hydrogen-bond donors (Lipinski definition) is 0. The van der Waals surface area contributed by atoms with E-state index in [0.717, 1.165) is 0 Å². The van der Waals surface area contributed by atoms with Crippen molar-refractivity contribution in [2.75, 3.05) is 0 Å². The first kappa shape index (κ1) is 11.0. The Balaban J connectivity index is 2.75. The van der Waals surface area contributed by atoms with Crippen LogP contribution in [0, 0.1) is 0 Å². The van der Waals surface area contributed by atoms with Crippen molar-refractivity contribution >= 4 is 0 Å². The second kappa shape index (κ2) is 3.23. The van der Waals surface area contributed by atoms with Gasteiger partial charge >= 0.3 is 0 Å². The average molecular weight is 198 g/mol. The lowest BCUT2D eigenvalue weighted by atomic mass is 10.2. The number of hydrogen-bond acceptors (Lipinski definition) is 3. The summed E-state index contributed by atoms with van der Waals surface area (Å²) in [4.78, 5) is 0. The van der Waals surface area contributed by atoms with Gasteiger partial charge in [-0.2, -0.15) is 0 Å². The van der Waals surface area contributed by atoms with E-state index in [4.69, 9.17) is 14.2 Å². The summed E-state index contributed by atoms with van der Waals surface area (Å²) in [5, 5.41) is 0. The van der Waals surface area contributed by atoms with Crippen LogP contribution in [-0.2, 0) is 14.2 Å². The molecule has 0 N–H and O–H groups in total. The van der Waals surface area contributed by atoms with E-state index < -0.39 is 5.79 Å². The van der Waals surface area contributed by atoms with Crippen LogP contribution in [0.3, 0.4) is 0 Å². The van der Waals surface area contributed by atoms with Gasteiger partial charge in [-0.3, -0.25) is 0 Å². The Morgan fingerprint density at radius 3 is 2.29 bits per heavy atom. The lowest BCUT2D eigenvalue weighted by Gasteiger charge is -2.34. The SMILES string of the molecule is C=C1C=C(OC(C)(C)C)OC(C)(C)O1. The van der Waals surface area contributed by atoms with Gasteiger partial charge in [0.1, 0.15) is 11.4 Å². The molecule has 14 heavy (non-hydrogen) atoms. The quantitative estimate of drug-likeness (QED) is 0.648. The number of ether oxygens (including phenoxy) is 3. The minimum Gasteiger partial charge on any atom is -0.460 e. The van der Waals surface area contributed by atoms with Gasteiger partial charge in [-0.15, -0.1) is 0 Å². The van der Waals surface area contributed by atoms with E-state index in [1.807, 2.05) is 34.6 Å². The predicted molar refractivity (Wildman–Crippen MR) is 54.3 cm³/mol. The van der Waals surface area contributed by atoms with Crippen LogP contribution in [0.15, 0.2) is 24.4 Å². The molecule has 0 bridgehead atoms. The third-order valence-electron chi connectivity index (χ3n) is 1.41. The third kappa shape index (κ3) is 3.32. The van der Waals surface area contributed by atoms with Gasteiger partial charge in [0.2, 0.25) is 5.79 Å². The molecule has 3 nitrogen and oxygen atoms in total. The maximum atomic E-state index is 5.58. The van der Waals surface area contributed by atoms with Crippen LogP contribution in [0.4, 0.5) is 0 Å². The van der Waals surface area contributed by atoms with Crippen molar-refractivity contribution in [2.45, 2.75) is 46.0 Å². The second-order valence-corrected chi connectivity index (χ2v) is 4.75. The molecule has 0 spiro atoms. The Bertz CT molecular complexity index is 269. The Morgan fingerprint density at radius 2 is 1.86 bits per heavy atom. The summed E-state index contributed by atoms with van der Waals surface area (Å²) >= 11 is 0. The van der Waals surface area contributed by atoms with Gasteiger partial charge in [-0.1, -0.05) is 6.58 Å². The molecule has 0 amide bonds. The molecular formula is C11H18O3. The topological polar surface area (TPSA) is 27.7 Å². The Kier molecular flexibility index (Phi) is 2.52. The van der Waals surface area contributed by atoms with Crippen LogP contribution in [0.5, 0.6) is 0 Å². The highest BCUT2D eigenvalue weighted by Gasteiger charge is 2.30. The highest BCUT2D eigenvalue weighted by atomic mass is 16.8. The van der Waals surface area contributed by atoms with E-state index in [1.54, 1.807) is 6.08 Å². The highest BCUT2D eigenvalue weighted by molar-refractivity contribution is 5.12. The van der Waals surface area contributed by atoms with E-state index in [2.05, 4.69) is 6.58 Å². The molecule has 1 aliphatic rings. The zero-order valence-electron chi connectivity index (χ0n) is 9.51. The largest absolute Gasteiger partial charge is 0.460 e. The molecule has 1 aliphatic heterocycles. The minimum atomic E-state index is -0.702. The van der Waals surface area contributed by atoms with E-state index in [-0.39, 0.29) is 5.60 Å². The molecule has 0 atom stereocenters. The van der Waals surface area contributed by atoms with Gasteiger partial charge in [-0.25, -0.2) is 0 Å². The molecular weight excluding hydrogens is 180 g/mol. The van der Waals surface area contributed by atoms with Crippen molar-refractivity contribution in [1.82, 2.24) is 0 Å². The van der Waals surface area contributed by atoms with E-state index in [1.165, 1.54) is 0 Å². The summed E-state index contributed by atoms with van der Waals surface area (Å²) in [5.74, 6) is 0.311. The second-order valence-electron chi connectivity index (χ2n) is 4.75. The highest BCUT2D eigenvalue weighted by Crippen LogP contribution is 2.29. The summed E-state index contributed by atoms with van der Waals surface area (Å²) in [6.07, 6.45) is 1.65. The van der Waals surface area contributed by atoms with Crippen molar-refractivity contribution in [2.24, 2.45) is 0 Å². The zero-order chi connectivity index (χ0) is 11.0. The van der Waals surface area contributed by atoms with Crippen LogP contribution >= 0.6 is 0 Å². The van der Waals surface area contributed by atoms with Crippen molar-refractivity contribution in [1.29, 1.82) is 0 Å². The monoisotopic (exact) mass is 198 g/mol. The van der Waals surface area contributed by atoms with Gasteiger partial charge in [0.25, 0.3) is 5.95 Å². The van der Waals surface area contributed by atoms with Crippen LogP contribution in [0.2, 0.25) is 0 Å². The fourth-order valence-corrected chi connectivity index (χ4v) is 1.12. The van der Waals surface area contributed by atoms with Gasteiger partial charge in [0, 0.05) is 13.8 Å². The molecule has 1 heterocycles. The summed E-state index contributed by atoms with van der Waals surface area (Å²) < 4.78 is 16.4. The molecule has 0 radical (unpaired) electrons. The van der Waals surface area contributed by atoms with Crippen molar-refractivity contribution in [3.05, 3.63) is 24.4 Å². The van der Waals surface area contributed by atoms with Crippen LogP contribution in [0.1, 0.15) is 34.6 Å². The maximum Gasteiger partial charge on any atom is 0.286 e. The Morgan fingerprint density at radius 1 is 1.29 bits per heavy atom. The molecule has 1 rings (SSSR count). The molecule has 0 saturated carbocycles. The fraction of sp³-hybridized carbons (Fsp3) is 0.636. The Labute approximate surface area is 85.3 Å². The zero-order valence-corrected chi connectivity index (χ0v) is 9.51. The average Bonchev–Trinajstić information content (AvgIpc) is 1.74. The lowest BCUT2D eigenvalue weighted by molar-refractivity contribution is -0.217. The summed E-state index contributed by atoms with van der Waals surface area (Å²) in [6, 6.07) is 0. The first-order chi connectivity index (χ1) is 6.18. The van der Waals surface area contributed by atoms with Crippen LogP contribution in [0.25, 0.3) is 0 Å². The van der Waals surface area contributed by atoms with Gasteiger partial charge in [-0.05, 0) is 20.8 Å². The first-order valence-corrected chi connectivity index (χ1v) is 4.66. The molecule has 80 valence electrons. The summed E-state index contributed by atoms with van der Waals surface area (Å²) in [7, 11) is 0. The van der Waals surface area contributed by atoms with E-state index in [9.17, 15) is 0 Å². The van der Waals surface area contributed by atoms with E-state index >= 15 is 0 Å². The van der Waals surface area contributed by atoms with Crippen LogP contribution in [-0.4, -0.2) is 11.4 Å². The summed E-state index contributed by atoms with van der Waals surface area (Å²) in [6.45, 7) is 13.2. The fourth-order valence-electron chi connectivity index (χ4n) is 1.12. The van der Waals surface area contributed by atoms with Crippen molar-refractivity contribution < 1.29 is 14.2 Å². The lowest BCUT2D eigenvalue weighted by Crippen LogP contribution is -2.33.